The quantitative estimate of drug-likeness (QED) is 0.875. The molecule has 0 amide bonds. The molecule has 0 aliphatic heterocycles. The Morgan fingerprint density at radius 2 is 2.14 bits per heavy atom. The maximum absolute atomic E-state index is 12.0. The lowest BCUT2D eigenvalue weighted by Gasteiger charge is -2.14. The second kappa shape index (κ2) is 6.39. The Bertz CT molecular complexity index is 686. The Kier molecular flexibility index (Phi) is 4.57. The fourth-order valence-corrected chi connectivity index (χ4v) is 2.37. The normalized spacial score (nSPS) is 10.8. The zero-order valence-electron chi connectivity index (χ0n) is 12.1. The predicted molar refractivity (Wildman–Crippen MR) is 76.3 cm³/mol. The average molecular weight is 290 g/mol. The van der Waals surface area contributed by atoms with Crippen LogP contribution in [-0.4, -0.2) is 20.6 Å². The third-order valence-electron chi connectivity index (χ3n) is 3.52. The van der Waals surface area contributed by atoms with E-state index in [2.05, 4.69) is 4.98 Å². The summed E-state index contributed by atoms with van der Waals surface area (Å²) in [6, 6.07) is 3.66. The molecule has 0 fully saturated rings. The van der Waals surface area contributed by atoms with Crippen LogP contribution in [0.2, 0.25) is 0 Å². The molecule has 6 nitrogen and oxygen atoms in total. The number of aromatic nitrogens is 2. The molecule has 0 saturated carbocycles. The van der Waals surface area contributed by atoms with Gasteiger partial charge in [0.05, 0.1) is 6.26 Å². The van der Waals surface area contributed by atoms with Crippen molar-refractivity contribution in [2.45, 2.75) is 39.7 Å². The molecular weight excluding hydrogens is 272 g/mol. The van der Waals surface area contributed by atoms with Crippen LogP contribution in [0, 0.1) is 13.8 Å². The van der Waals surface area contributed by atoms with Crippen molar-refractivity contribution in [3.63, 3.8) is 0 Å². The lowest BCUT2D eigenvalue weighted by molar-refractivity contribution is -0.136. The van der Waals surface area contributed by atoms with E-state index in [9.17, 15) is 9.59 Å². The number of aryl methyl sites for hydroxylation is 2. The van der Waals surface area contributed by atoms with Gasteiger partial charge in [-0.05, 0) is 38.0 Å². The van der Waals surface area contributed by atoms with Crippen molar-refractivity contribution >= 4 is 5.97 Å². The van der Waals surface area contributed by atoms with Crippen LogP contribution in [0.1, 0.15) is 29.1 Å². The van der Waals surface area contributed by atoms with Crippen molar-refractivity contribution in [2.75, 3.05) is 0 Å². The van der Waals surface area contributed by atoms with Crippen molar-refractivity contribution in [2.24, 2.45) is 0 Å². The van der Waals surface area contributed by atoms with Gasteiger partial charge in [0.25, 0.3) is 0 Å². The maximum atomic E-state index is 12.0. The number of hydrogen-bond donors (Lipinski definition) is 1. The van der Waals surface area contributed by atoms with Crippen LogP contribution in [0.15, 0.2) is 27.6 Å². The van der Waals surface area contributed by atoms with Gasteiger partial charge in [-0.3, -0.25) is 9.36 Å². The van der Waals surface area contributed by atoms with E-state index in [0.29, 0.717) is 25.1 Å². The van der Waals surface area contributed by atoms with E-state index in [0.717, 1.165) is 17.0 Å². The minimum Gasteiger partial charge on any atom is -0.481 e. The average Bonchev–Trinajstić information content (AvgIpc) is 2.90. The molecule has 2 aromatic heterocycles. The Labute approximate surface area is 122 Å². The topological polar surface area (TPSA) is 85.3 Å². The van der Waals surface area contributed by atoms with Gasteiger partial charge in [-0.2, -0.15) is 4.98 Å². The number of carboxylic acids is 1. The summed E-state index contributed by atoms with van der Waals surface area (Å²) in [5.74, 6) is -0.0592. The van der Waals surface area contributed by atoms with E-state index in [4.69, 9.17) is 9.52 Å². The highest BCUT2D eigenvalue weighted by Gasteiger charge is 2.13. The molecule has 1 N–H and O–H groups in total. The SMILES string of the molecule is Cc1nc(=O)n(CCc2ccco2)c(C)c1CCC(=O)O. The number of furan rings is 1. The monoisotopic (exact) mass is 290 g/mol. The first-order valence-electron chi connectivity index (χ1n) is 6.80. The Hall–Kier alpha value is -2.37. The number of hydrogen-bond acceptors (Lipinski definition) is 4. The first-order valence-corrected chi connectivity index (χ1v) is 6.80. The van der Waals surface area contributed by atoms with Crippen LogP contribution in [0.5, 0.6) is 0 Å². The Morgan fingerprint density at radius 1 is 1.38 bits per heavy atom. The van der Waals surface area contributed by atoms with Crippen LogP contribution in [0.25, 0.3) is 0 Å². The van der Waals surface area contributed by atoms with Crippen molar-refractivity contribution in [1.29, 1.82) is 0 Å². The third kappa shape index (κ3) is 3.59. The fourth-order valence-electron chi connectivity index (χ4n) is 2.37. The lowest BCUT2D eigenvalue weighted by Crippen LogP contribution is -2.28. The highest BCUT2D eigenvalue weighted by Crippen LogP contribution is 2.13. The van der Waals surface area contributed by atoms with Gasteiger partial charge in [-0.25, -0.2) is 4.79 Å². The largest absolute Gasteiger partial charge is 0.481 e. The summed E-state index contributed by atoms with van der Waals surface area (Å²) >= 11 is 0. The summed E-state index contributed by atoms with van der Waals surface area (Å²) in [5.41, 5.74) is 1.90. The molecule has 2 heterocycles. The fraction of sp³-hybridized carbons (Fsp3) is 0.400. The summed E-state index contributed by atoms with van der Waals surface area (Å²) in [4.78, 5) is 26.7. The molecule has 0 bridgehead atoms. The van der Waals surface area contributed by atoms with Gasteiger partial charge in [0.15, 0.2) is 0 Å². The van der Waals surface area contributed by atoms with Crippen LogP contribution in [-0.2, 0) is 24.2 Å². The van der Waals surface area contributed by atoms with E-state index < -0.39 is 5.97 Å². The zero-order valence-corrected chi connectivity index (χ0v) is 12.1. The zero-order chi connectivity index (χ0) is 15.4. The summed E-state index contributed by atoms with van der Waals surface area (Å²) < 4.78 is 6.83. The van der Waals surface area contributed by atoms with E-state index in [1.807, 2.05) is 13.0 Å². The second-order valence-corrected chi connectivity index (χ2v) is 4.92. The predicted octanol–water partition coefficient (Wildman–Crippen LogP) is 1.71. The molecule has 0 radical (unpaired) electrons. The van der Waals surface area contributed by atoms with Gasteiger partial charge in [0.1, 0.15) is 5.76 Å². The molecule has 0 spiro atoms. The van der Waals surface area contributed by atoms with Crippen molar-refractivity contribution < 1.29 is 14.3 Å². The van der Waals surface area contributed by atoms with Gasteiger partial charge >= 0.3 is 11.7 Å². The summed E-state index contributed by atoms with van der Waals surface area (Å²) in [6.45, 7) is 4.03. The molecule has 0 aromatic carbocycles. The number of aliphatic carboxylic acids is 1. The standard InChI is InChI=1S/C15H18N2O4/c1-10-13(5-6-14(18)19)11(2)17(15(20)16-10)8-7-12-4-3-9-21-12/h3-4,9H,5-8H2,1-2H3,(H,18,19). The van der Waals surface area contributed by atoms with E-state index in [1.54, 1.807) is 23.8 Å². The smallest absolute Gasteiger partial charge is 0.347 e. The number of carboxylic acid groups (broad SMARTS) is 1. The summed E-state index contributed by atoms with van der Waals surface area (Å²) in [5, 5.41) is 8.81. The van der Waals surface area contributed by atoms with Crippen molar-refractivity contribution in [1.82, 2.24) is 9.55 Å². The Balaban J connectivity index is 2.25. The molecule has 0 saturated heterocycles. The van der Waals surface area contributed by atoms with Crippen LogP contribution >= 0.6 is 0 Å². The minimum atomic E-state index is -0.859. The molecule has 0 unspecified atom stereocenters. The van der Waals surface area contributed by atoms with Gasteiger partial charge in [-0.1, -0.05) is 0 Å². The molecule has 0 aliphatic rings. The van der Waals surface area contributed by atoms with Gasteiger partial charge in [0, 0.05) is 30.8 Å². The second-order valence-electron chi connectivity index (χ2n) is 4.92. The molecule has 112 valence electrons. The van der Waals surface area contributed by atoms with Crippen LogP contribution in [0.4, 0.5) is 0 Å². The van der Waals surface area contributed by atoms with Crippen molar-refractivity contribution in [3.8, 4) is 0 Å². The molecule has 0 aliphatic carbocycles. The number of rotatable bonds is 6. The minimum absolute atomic E-state index is 0.0275. The van der Waals surface area contributed by atoms with E-state index in [-0.39, 0.29) is 12.1 Å². The summed E-state index contributed by atoms with van der Waals surface area (Å²) in [7, 11) is 0. The Morgan fingerprint density at radius 3 is 2.76 bits per heavy atom. The molecule has 6 heteroatoms. The van der Waals surface area contributed by atoms with Crippen LogP contribution < -0.4 is 5.69 Å². The molecule has 2 aromatic rings. The maximum Gasteiger partial charge on any atom is 0.347 e. The number of carbonyl (C=O) groups is 1. The highest BCUT2D eigenvalue weighted by atomic mass is 16.4. The van der Waals surface area contributed by atoms with Gasteiger partial charge in [0.2, 0.25) is 0 Å². The molecular formula is C15H18N2O4. The lowest BCUT2D eigenvalue weighted by atomic mass is 10.1. The third-order valence-corrected chi connectivity index (χ3v) is 3.52. The molecule has 2 rings (SSSR count). The van der Waals surface area contributed by atoms with Gasteiger partial charge in [-0.15, -0.1) is 0 Å². The van der Waals surface area contributed by atoms with Gasteiger partial charge < -0.3 is 9.52 Å². The van der Waals surface area contributed by atoms with E-state index >= 15 is 0 Å². The van der Waals surface area contributed by atoms with Crippen LogP contribution in [0.3, 0.4) is 0 Å². The molecule has 21 heavy (non-hydrogen) atoms. The number of nitrogens with zero attached hydrogens (tertiary/aromatic N) is 2. The first kappa shape index (κ1) is 15.0. The summed E-state index contributed by atoms with van der Waals surface area (Å²) in [6.07, 6.45) is 2.59. The molecule has 0 atom stereocenters. The van der Waals surface area contributed by atoms with E-state index in [1.165, 1.54) is 0 Å². The first-order chi connectivity index (χ1) is 9.99. The highest BCUT2D eigenvalue weighted by molar-refractivity contribution is 5.67. The van der Waals surface area contributed by atoms with Crippen molar-refractivity contribution in [3.05, 3.63) is 51.6 Å².